The second-order valence-corrected chi connectivity index (χ2v) is 5.60. The lowest BCUT2D eigenvalue weighted by Crippen LogP contribution is -2.36. The van der Waals surface area contributed by atoms with Gasteiger partial charge in [0.05, 0.1) is 29.2 Å². The minimum absolute atomic E-state index is 0.0528. The number of benzene rings is 1. The maximum Gasteiger partial charge on any atom is 0.261 e. The van der Waals surface area contributed by atoms with Gasteiger partial charge in [0.25, 0.3) is 5.91 Å². The van der Waals surface area contributed by atoms with Gasteiger partial charge in [-0.3, -0.25) is 14.7 Å². The molecule has 22 heavy (non-hydrogen) atoms. The first kappa shape index (κ1) is 14.3. The molecule has 2 heterocycles. The molecule has 0 aliphatic heterocycles. The van der Waals surface area contributed by atoms with Crippen LogP contribution in [-0.4, -0.2) is 28.6 Å². The second kappa shape index (κ2) is 6.40. The number of nitrogens with zero attached hydrogens (tertiary/aromatic N) is 1. The van der Waals surface area contributed by atoms with Crippen LogP contribution in [0.1, 0.15) is 15.4 Å². The van der Waals surface area contributed by atoms with Gasteiger partial charge in [-0.2, -0.15) is 5.10 Å². The Morgan fingerprint density at radius 3 is 2.82 bits per heavy atom. The Bertz CT molecular complexity index is 795. The third-order valence-electron chi connectivity index (χ3n) is 3.16. The summed E-state index contributed by atoms with van der Waals surface area (Å²) in [6.07, 6.45) is 0. The van der Waals surface area contributed by atoms with E-state index in [9.17, 15) is 9.59 Å². The highest BCUT2D eigenvalue weighted by Crippen LogP contribution is 2.14. The van der Waals surface area contributed by atoms with E-state index in [0.29, 0.717) is 11.4 Å². The highest BCUT2D eigenvalue weighted by molar-refractivity contribution is 7.12. The number of carbonyl (C=O) groups is 2. The van der Waals surface area contributed by atoms with Crippen molar-refractivity contribution < 1.29 is 9.59 Å². The van der Waals surface area contributed by atoms with Crippen LogP contribution >= 0.6 is 11.3 Å². The molecule has 0 radical (unpaired) electrons. The van der Waals surface area contributed by atoms with Crippen LogP contribution in [-0.2, 0) is 11.3 Å². The number of thiophene rings is 1. The molecule has 0 bridgehead atoms. The van der Waals surface area contributed by atoms with E-state index in [1.807, 2.05) is 29.6 Å². The molecular weight excluding hydrogens is 300 g/mol. The molecule has 112 valence electrons. The highest BCUT2D eigenvalue weighted by Gasteiger charge is 2.10. The Morgan fingerprint density at radius 1 is 1.14 bits per heavy atom. The second-order valence-electron chi connectivity index (χ2n) is 4.66. The summed E-state index contributed by atoms with van der Waals surface area (Å²) in [5.41, 5.74) is 1.70. The van der Waals surface area contributed by atoms with Crippen molar-refractivity contribution in [3.05, 3.63) is 52.3 Å². The Morgan fingerprint density at radius 2 is 2.00 bits per heavy atom. The number of hydrogen-bond donors (Lipinski definition) is 3. The molecule has 0 spiro atoms. The molecule has 2 amide bonds. The van der Waals surface area contributed by atoms with Gasteiger partial charge in [0.2, 0.25) is 5.91 Å². The largest absolute Gasteiger partial charge is 0.349 e. The lowest BCUT2D eigenvalue weighted by atomic mass is 10.2. The zero-order chi connectivity index (χ0) is 15.4. The van der Waals surface area contributed by atoms with E-state index in [2.05, 4.69) is 20.8 Å². The smallest absolute Gasteiger partial charge is 0.261 e. The maximum absolute atomic E-state index is 11.8. The number of aromatic nitrogens is 2. The fourth-order valence-electron chi connectivity index (χ4n) is 2.05. The first-order chi connectivity index (χ1) is 10.7. The van der Waals surface area contributed by atoms with Crippen LogP contribution in [0.5, 0.6) is 0 Å². The van der Waals surface area contributed by atoms with Crippen LogP contribution in [0.3, 0.4) is 0 Å². The van der Waals surface area contributed by atoms with E-state index < -0.39 is 0 Å². The molecule has 0 saturated heterocycles. The number of amides is 2. The number of H-pyrrole nitrogens is 1. The number of nitrogens with one attached hydrogen (secondary N) is 3. The average molecular weight is 314 g/mol. The molecule has 3 aromatic rings. The van der Waals surface area contributed by atoms with Crippen LogP contribution in [0, 0.1) is 0 Å². The van der Waals surface area contributed by atoms with E-state index in [1.54, 1.807) is 12.1 Å². The summed E-state index contributed by atoms with van der Waals surface area (Å²) in [7, 11) is 0. The van der Waals surface area contributed by atoms with Gasteiger partial charge >= 0.3 is 0 Å². The molecule has 2 aromatic heterocycles. The zero-order valence-corrected chi connectivity index (χ0v) is 12.4. The van der Waals surface area contributed by atoms with Crippen molar-refractivity contribution in [3.63, 3.8) is 0 Å². The van der Waals surface area contributed by atoms with Crippen LogP contribution in [0.25, 0.3) is 10.9 Å². The normalized spacial score (nSPS) is 10.5. The first-order valence-electron chi connectivity index (χ1n) is 6.74. The summed E-state index contributed by atoms with van der Waals surface area (Å²) >= 11 is 1.34. The summed E-state index contributed by atoms with van der Waals surface area (Å²) in [6.45, 7) is 0.289. The van der Waals surface area contributed by atoms with E-state index >= 15 is 0 Å². The monoisotopic (exact) mass is 314 g/mol. The van der Waals surface area contributed by atoms with Crippen molar-refractivity contribution in [2.75, 3.05) is 6.54 Å². The molecule has 7 heteroatoms. The van der Waals surface area contributed by atoms with Gasteiger partial charge in [0.15, 0.2) is 0 Å². The Kier molecular flexibility index (Phi) is 4.15. The summed E-state index contributed by atoms with van der Waals surface area (Å²) in [5.74, 6) is -0.485. The SMILES string of the molecule is O=C(CNC(=O)c1cccs1)NCc1[nH]nc2ccccc12. The third kappa shape index (κ3) is 3.15. The van der Waals surface area contributed by atoms with Crippen LogP contribution in [0.15, 0.2) is 41.8 Å². The Hall–Kier alpha value is -2.67. The van der Waals surface area contributed by atoms with Crippen molar-refractivity contribution >= 4 is 34.1 Å². The van der Waals surface area contributed by atoms with Gasteiger partial charge < -0.3 is 10.6 Å². The van der Waals surface area contributed by atoms with Crippen molar-refractivity contribution in [1.29, 1.82) is 0 Å². The lowest BCUT2D eigenvalue weighted by Gasteiger charge is -2.05. The van der Waals surface area contributed by atoms with E-state index in [1.165, 1.54) is 11.3 Å². The van der Waals surface area contributed by atoms with Gasteiger partial charge in [-0.1, -0.05) is 24.3 Å². The van der Waals surface area contributed by atoms with E-state index in [-0.39, 0.29) is 18.4 Å². The van der Waals surface area contributed by atoms with Gasteiger partial charge in [-0.15, -0.1) is 11.3 Å². The predicted molar refractivity (Wildman–Crippen MR) is 84.6 cm³/mol. The minimum Gasteiger partial charge on any atom is -0.349 e. The molecule has 0 saturated carbocycles. The number of aromatic amines is 1. The van der Waals surface area contributed by atoms with Crippen LogP contribution in [0.4, 0.5) is 0 Å². The topological polar surface area (TPSA) is 86.9 Å². The number of fused-ring (bicyclic) bond motifs is 1. The van der Waals surface area contributed by atoms with E-state index in [4.69, 9.17) is 0 Å². The fraction of sp³-hybridized carbons (Fsp3) is 0.133. The first-order valence-corrected chi connectivity index (χ1v) is 7.62. The fourth-order valence-corrected chi connectivity index (χ4v) is 2.69. The molecule has 0 atom stereocenters. The number of para-hydroxylation sites is 1. The summed E-state index contributed by atoms with van der Waals surface area (Å²) in [6, 6.07) is 11.2. The molecule has 0 unspecified atom stereocenters. The number of carbonyl (C=O) groups excluding carboxylic acids is 2. The molecule has 1 aromatic carbocycles. The average Bonchev–Trinajstić information content (AvgIpc) is 3.20. The molecule has 0 aliphatic carbocycles. The highest BCUT2D eigenvalue weighted by atomic mass is 32.1. The molecular formula is C15H14N4O2S. The van der Waals surface area contributed by atoms with Crippen LogP contribution < -0.4 is 10.6 Å². The zero-order valence-electron chi connectivity index (χ0n) is 11.6. The molecule has 6 nitrogen and oxygen atoms in total. The van der Waals surface area contributed by atoms with Crippen LogP contribution in [0.2, 0.25) is 0 Å². The maximum atomic E-state index is 11.8. The van der Waals surface area contributed by atoms with Crippen molar-refractivity contribution in [2.45, 2.75) is 6.54 Å². The van der Waals surface area contributed by atoms with Gasteiger partial charge in [0, 0.05) is 5.39 Å². The van der Waals surface area contributed by atoms with Gasteiger partial charge in [-0.05, 0) is 17.5 Å². The predicted octanol–water partition coefficient (Wildman–Crippen LogP) is 1.67. The van der Waals surface area contributed by atoms with Gasteiger partial charge in [-0.25, -0.2) is 0 Å². The van der Waals surface area contributed by atoms with E-state index in [0.717, 1.165) is 16.6 Å². The molecule has 3 rings (SSSR count). The quantitative estimate of drug-likeness (QED) is 0.669. The summed E-state index contributed by atoms with van der Waals surface area (Å²) in [4.78, 5) is 24.1. The lowest BCUT2D eigenvalue weighted by molar-refractivity contribution is -0.120. The number of hydrogen-bond acceptors (Lipinski definition) is 4. The van der Waals surface area contributed by atoms with Gasteiger partial charge in [0.1, 0.15) is 0 Å². The van der Waals surface area contributed by atoms with Crippen molar-refractivity contribution in [1.82, 2.24) is 20.8 Å². The summed E-state index contributed by atoms with van der Waals surface area (Å²) in [5, 5.41) is 15.2. The number of rotatable bonds is 5. The summed E-state index contributed by atoms with van der Waals surface area (Å²) < 4.78 is 0. The Balaban J connectivity index is 1.51. The van der Waals surface area contributed by atoms with Crippen molar-refractivity contribution in [3.8, 4) is 0 Å². The third-order valence-corrected chi connectivity index (χ3v) is 4.03. The molecule has 0 aliphatic rings. The molecule has 0 fully saturated rings. The van der Waals surface area contributed by atoms with Crippen molar-refractivity contribution in [2.24, 2.45) is 0 Å². The Labute approximate surface area is 130 Å². The molecule has 3 N–H and O–H groups in total. The minimum atomic E-state index is -0.247. The standard InChI is InChI=1S/C15H14N4O2S/c20-14(9-17-15(21)13-6-3-7-22-13)16-8-12-10-4-1-2-5-11(10)18-19-12/h1-7H,8-9H2,(H,16,20)(H,17,21)(H,18,19).